The highest BCUT2D eigenvalue weighted by molar-refractivity contribution is 5.90. The van der Waals surface area contributed by atoms with Gasteiger partial charge in [-0.2, -0.15) is 0 Å². The topological polar surface area (TPSA) is 33.5 Å². The van der Waals surface area contributed by atoms with Gasteiger partial charge in [-0.3, -0.25) is 4.79 Å². The third-order valence-corrected chi connectivity index (χ3v) is 3.99. The van der Waals surface area contributed by atoms with Gasteiger partial charge < -0.3 is 10.2 Å². The number of carbonyl (C=O) groups excluding carboxylic acids is 1. The molecule has 5 heteroatoms. The Bertz CT molecular complexity index is 497. The maximum Gasteiger partial charge on any atom is 0.230 e. The molecule has 2 unspecified atom stereocenters. The van der Waals surface area contributed by atoms with Crippen LogP contribution in [-0.2, 0) is 4.79 Å². The lowest BCUT2D eigenvalue weighted by Gasteiger charge is -2.31. The Hall–Kier alpha value is -1.49. The summed E-state index contributed by atoms with van der Waals surface area (Å²) in [7, 11) is 0. The molecular formula is C16H23F2N2O+. The highest BCUT2D eigenvalue weighted by Gasteiger charge is 2.25. The van der Waals surface area contributed by atoms with Gasteiger partial charge >= 0.3 is 0 Å². The maximum absolute atomic E-state index is 13.1. The van der Waals surface area contributed by atoms with Crippen LogP contribution in [0.2, 0.25) is 0 Å². The second-order valence-corrected chi connectivity index (χ2v) is 6.28. The van der Waals surface area contributed by atoms with Crippen LogP contribution >= 0.6 is 0 Å². The third-order valence-electron chi connectivity index (χ3n) is 3.99. The molecule has 0 bridgehead atoms. The van der Waals surface area contributed by atoms with E-state index in [0.717, 1.165) is 31.8 Å². The standard InChI is InChI=1S/C16H22F2N2O/c1-11-7-12(2)10-20(9-11)6-5-16(21)19-13-3-4-14(17)15(18)8-13/h3-4,8,11-12H,5-7,9-10H2,1-2H3,(H,19,21)/p+1. The molecule has 1 saturated heterocycles. The van der Waals surface area contributed by atoms with Gasteiger partial charge in [-0.1, -0.05) is 13.8 Å². The van der Waals surface area contributed by atoms with Gasteiger partial charge in [0.05, 0.1) is 26.1 Å². The van der Waals surface area contributed by atoms with E-state index in [4.69, 9.17) is 0 Å². The fraction of sp³-hybridized carbons (Fsp3) is 0.562. The molecule has 3 nitrogen and oxygen atoms in total. The molecule has 0 saturated carbocycles. The van der Waals surface area contributed by atoms with E-state index in [1.807, 2.05) is 0 Å². The summed E-state index contributed by atoms with van der Waals surface area (Å²) >= 11 is 0. The zero-order chi connectivity index (χ0) is 15.4. The SMILES string of the molecule is CC1CC(C)C[NH+](CCC(=O)Nc2ccc(F)c(F)c2)C1. The molecule has 2 rings (SSSR count). The fourth-order valence-electron chi connectivity index (χ4n) is 3.21. The van der Waals surface area contributed by atoms with E-state index in [2.05, 4.69) is 19.2 Å². The van der Waals surface area contributed by atoms with Gasteiger partial charge in [0.15, 0.2) is 11.6 Å². The Kier molecular flexibility index (Phi) is 5.28. The van der Waals surface area contributed by atoms with Crippen molar-refractivity contribution in [2.75, 3.05) is 25.0 Å². The summed E-state index contributed by atoms with van der Waals surface area (Å²) in [6.07, 6.45) is 1.65. The lowest BCUT2D eigenvalue weighted by atomic mass is 9.92. The molecule has 0 aliphatic carbocycles. The lowest BCUT2D eigenvalue weighted by Crippen LogP contribution is -3.14. The number of rotatable bonds is 4. The fourth-order valence-corrected chi connectivity index (χ4v) is 3.21. The first-order valence-corrected chi connectivity index (χ1v) is 7.52. The number of hydrogen-bond donors (Lipinski definition) is 2. The molecule has 0 aromatic heterocycles. The minimum absolute atomic E-state index is 0.153. The third kappa shape index (κ3) is 4.77. The van der Waals surface area contributed by atoms with Crippen molar-refractivity contribution in [1.82, 2.24) is 0 Å². The van der Waals surface area contributed by atoms with Gasteiger partial charge in [0.1, 0.15) is 0 Å². The summed E-state index contributed by atoms with van der Waals surface area (Å²) in [5, 5.41) is 2.61. The first-order chi connectivity index (χ1) is 9.94. The maximum atomic E-state index is 13.1. The molecular weight excluding hydrogens is 274 g/mol. The second-order valence-electron chi connectivity index (χ2n) is 6.28. The normalized spacial score (nSPS) is 25.6. The molecule has 1 amide bonds. The largest absolute Gasteiger partial charge is 0.334 e. The quantitative estimate of drug-likeness (QED) is 0.874. The molecule has 2 N–H and O–H groups in total. The van der Waals surface area contributed by atoms with E-state index >= 15 is 0 Å². The van der Waals surface area contributed by atoms with Crippen LogP contribution in [0.5, 0.6) is 0 Å². The van der Waals surface area contributed by atoms with Crippen molar-refractivity contribution in [2.24, 2.45) is 11.8 Å². The summed E-state index contributed by atoms with van der Waals surface area (Å²) in [5.41, 5.74) is 0.300. The van der Waals surface area contributed by atoms with Gasteiger partial charge in [0.25, 0.3) is 0 Å². The van der Waals surface area contributed by atoms with E-state index in [9.17, 15) is 13.6 Å². The van der Waals surface area contributed by atoms with Crippen molar-refractivity contribution in [3.63, 3.8) is 0 Å². The van der Waals surface area contributed by atoms with Crippen molar-refractivity contribution in [3.05, 3.63) is 29.8 Å². The van der Waals surface area contributed by atoms with Gasteiger partial charge in [0.2, 0.25) is 5.91 Å². The lowest BCUT2D eigenvalue weighted by molar-refractivity contribution is -0.911. The van der Waals surface area contributed by atoms with E-state index in [-0.39, 0.29) is 5.91 Å². The van der Waals surface area contributed by atoms with Crippen LogP contribution in [0.1, 0.15) is 26.7 Å². The number of amides is 1. The number of piperidine rings is 1. The first-order valence-electron chi connectivity index (χ1n) is 7.52. The molecule has 1 heterocycles. The minimum Gasteiger partial charge on any atom is -0.334 e. The Morgan fingerprint density at radius 2 is 1.90 bits per heavy atom. The molecule has 1 fully saturated rings. The van der Waals surface area contributed by atoms with Crippen molar-refractivity contribution in [2.45, 2.75) is 26.7 Å². The molecule has 1 aromatic carbocycles. The highest BCUT2D eigenvalue weighted by Crippen LogP contribution is 2.14. The molecule has 1 aromatic rings. The number of hydrogen-bond acceptors (Lipinski definition) is 1. The van der Waals surface area contributed by atoms with E-state index < -0.39 is 11.6 Å². The molecule has 0 radical (unpaired) electrons. The summed E-state index contributed by atoms with van der Waals surface area (Å²) in [4.78, 5) is 13.3. The van der Waals surface area contributed by atoms with Gasteiger partial charge in [-0.25, -0.2) is 8.78 Å². The number of quaternary nitrogens is 1. The zero-order valence-corrected chi connectivity index (χ0v) is 12.6. The second kappa shape index (κ2) is 6.98. The van der Waals surface area contributed by atoms with Crippen LogP contribution in [0.3, 0.4) is 0 Å². The highest BCUT2D eigenvalue weighted by atomic mass is 19.2. The van der Waals surface area contributed by atoms with E-state index in [1.54, 1.807) is 0 Å². The van der Waals surface area contributed by atoms with E-state index in [0.29, 0.717) is 23.9 Å². The molecule has 116 valence electrons. The molecule has 21 heavy (non-hydrogen) atoms. The predicted octanol–water partition coefficient (Wildman–Crippen LogP) is 1.85. The summed E-state index contributed by atoms with van der Waals surface area (Å²) in [6.45, 7) is 7.48. The Morgan fingerprint density at radius 1 is 1.24 bits per heavy atom. The molecule has 2 atom stereocenters. The summed E-state index contributed by atoms with van der Waals surface area (Å²) in [5.74, 6) is -0.624. The summed E-state index contributed by atoms with van der Waals surface area (Å²) in [6, 6.07) is 3.39. The Balaban J connectivity index is 1.80. The van der Waals surface area contributed by atoms with Gasteiger partial charge in [-0.05, 0) is 18.6 Å². The molecule has 0 spiro atoms. The van der Waals surface area contributed by atoms with Gasteiger partial charge in [-0.15, -0.1) is 0 Å². The van der Waals surface area contributed by atoms with Crippen molar-refractivity contribution in [1.29, 1.82) is 0 Å². The van der Waals surface area contributed by atoms with Gasteiger partial charge in [0, 0.05) is 23.6 Å². The number of likely N-dealkylation sites (tertiary alicyclic amines) is 1. The van der Waals surface area contributed by atoms with Crippen molar-refractivity contribution < 1.29 is 18.5 Å². The average molecular weight is 297 g/mol. The Labute approximate surface area is 124 Å². The minimum atomic E-state index is -0.947. The number of nitrogens with one attached hydrogen (secondary N) is 2. The van der Waals surface area contributed by atoms with E-state index in [1.165, 1.54) is 17.4 Å². The molecule has 1 aliphatic heterocycles. The summed E-state index contributed by atoms with van der Waals surface area (Å²) < 4.78 is 25.9. The average Bonchev–Trinajstić information content (AvgIpc) is 2.40. The van der Waals surface area contributed by atoms with Crippen LogP contribution in [0, 0.1) is 23.5 Å². The molecule has 1 aliphatic rings. The number of benzene rings is 1. The predicted molar refractivity (Wildman–Crippen MR) is 78.1 cm³/mol. The zero-order valence-electron chi connectivity index (χ0n) is 12.6. The Morgan fingerprint density at radius 3 is 2.52 bits per heavy atom. The monoisotopic (exact) mass is 297 g/mol. The van der Waals surface area contributed by atoms with Crippen LogP contribution in [0.15, 0.2) is 18.2 Å². The number of carbonyl (C=O) groups is 1. The van der Waals surface area contributed by atoms with Crippen LogP contribution < -0.4 is 10.2 Å². The number of halogens is 2. The van der Waals surface area contributed by atoms with Crippen molar-refractivity contribution >= 4 is 11.6 Å². The van der Waals surface area contributed by atoms with Crippen LogP contribution in [-0.4, -0.2) is 25.5 Å². The van der Waals surface area contributed by atoms with Crippen LogP contribution in [0.4, 0.5) is 14.5 Å². The number of anilines is 1. The smallest absolute Gasteiger partial charge is 0.230 e. The first kappa shape index (κ1) is 15.9. The van der Waals surface area contributed by atoms with Crippen LogP contribution in [0.25, 0.3) is 0 Å². The van der Waals surface area contributed by atoms with Crippen molar-refractivity contribution in [3.8, 4) is 0 Å².